The first-order chi connectivity index (χ1) is 10.1. The third-order valence-electron chi connectivity index (χ3n) is 3.45. The molecule has 21 heavy (non-hydrogen) atoms. The molecule has 2 aromatic carbocycles. The van der Waals surface area contributed by atoms with E-state index in [0.717, 1.165) is 0 Å². The Morgan fingerprint density at radius 1 is 1.19 bits per heavy atom. The molecule has 0 aliphatic carbocycles. The average molecular weight is 303 g/mol. The largest absolute Gasteiger partial charge is 0.310 e. The maximum atomic E-state index is 13.2. The fourth-order valence-corrected chi connectivity index (χ4v) is 3.66. The van der Waals surface area contributed by atoms with Crippen LogP contribution < -0.4 is 4.90 Å². The Labute approximate surface area is 124 Å². The van der Waals surface area contributed by atoms with Crippen molar-refractivity contribution in [3.63, 3.8) is 0 Å². The molecule has 3 nitrogen and oxygen atoms in total. The van der Waals surface area contributed by atoms with Gasteiger partial charge in [0.25, 0.3) is 0 Å². The number of fused-ring (bicyclic) bond motifs is 1. The second kappa shape index (κ2) is 5.77. The Kier molecular flexibility index (Phi) is 3.84. The Morgan fingerprint density at radius 2 is 2.00 bits per heavy atom. The van der Waals surface area contributed by atoms with Crippen LogP contribution in [0.3, 0.4) is 0 Å². The summed E-state index contributed by atoms with van der Waals surface area (Å²) in [5, 5.41) is 0. The molecule has 3 rings (SSSR count). The van der Waals surface area contributed by atoms with Crippen LogP contribution >= 0.6 is 0 Å². The van der Waals surface area contributed by atoms with Crippen molar-refractivity contribution in [3.05, 3.63) is 59.9 Å². The van der Waals surface area contributed by atoms with Crippen LogP contribution in [0.15, 0.2) is 53.4 Å². The minimum Gasteiger partial charge on any atom is -0.310 e. The van der Waals surface area contributed by atoms with Crippen LogP contribution in [0.1, 0.15) is 5.56 Å². The number of hydrogen-bond acceptors (Lipinski definition) is 2. The second-order valence-electron chi connectivity index (χ2n) is 4.87. The van der Waals surface area contributed by atoms with Crippen LogP contribution in [0, 0.1) is 5.82 Å². The second-order valence-corrected chi connectivity index (χ2v) is 6.41. The molecule has 0 fully saturated rings. The van der Waals surface area contributed by atoms with Gasteiger partial charge in [0.2, 0.25) is 5.91 Å². The van der Waals surface area contributed by atoms with Gasteiger partial charge in [0.1, 0.15) is 5.82 Å². The maximum absolute atomic E-state index is 13.2. The molecule has 108 valence electrons. The number of carbonyl (C=O) groups excluding carboxylic acids is 1. The lowest BCUT2D eigenvalue weighted by Gasteiger charge is -2.29. The van der Waals surface area contributed by atoms with Gasteiger partial charge in [-0.3, -0.25) is 9.00 Å². The van der Waals surface area contributed by atoms with Crippen molar-refractivity contribution in [1.82, 2.24) is 0 Å². The highest BCUT2D eigenvalue weighted by Crippen LogP contribution is 2.28. The number of anilines is 1. The van der Waals surface area contributed by atoms with E-state index in [0.29, 0.717) is 28.4 Å². The highest BCUT2D eigenvalue weighted by molar-refractivity contribution is 7.85. The molecule has 1 aliphatic rings. The van der Waals surface area contributed by atoms with E-state index in [4.69, 9.17) is 0 Å². The van der Waals surface area contributed by atoms with Gasteiger partial charge in [-0.15, -0.1) is 0 Å². The zero-order valence-corrected chi connectivity index (χ0v) is 12.1. The van der Waals surface area contributed by atoms with E-state index in [1.165, 1.54) is 12.1 Å². The summed E-state index contributed by atoms with van der Waals surface area (Å²) in [4.78, 5) is 14.8. The molecule has 0 saturated heterocycles. The predicted octanol–water partition coefficient (Wildman–Crippen LogP) is 2.52. The predicted molar refractivity (Wildman–Crippen MR) is 80.2 cm³/mol. The van der Waals surface area contributed by atoms with Gasteiger partial charge in [0.05, 0.1) is 27.8 Å². The summed E-state index contributed by atoms with van der Waals surface area (Å²) in [7, 11) is -1.06. The SMILES string of the molecule is O=C(Cc1cccc(F)c1)N1CCS(=O)c2ccccc21. The third kappa shape index (κ3) is 2.88. The summed E-state index contributed by atoms with van der Waals surface area (Å²) in [5.74, 6) is -0.0171. The fourth-order valence-electron chi connectivity index (χ4n) is 2.45. The smallest absolute Gasteiger partial charge is 0.231 e. The normalized spacial score (nSPS) is 17.4. The zero-order chi connectivity index (χ0) is 14.8. The van der Waals surface area contributed by atoms with Crippen molar-refractivity contribution in [1.29, 1.82) is 0 Å². The minimum atomic E-state index is -1.06. The first-order valence-electron chi connectivity index (χ1n) is 6.67. The van der Waals surface area contributed by atoms with E-state index >= 15 is 0 Å². The molecule has 0 bridgehead atoms. The van der Waals surface area contributed by atoms with E-state index in [1.54, 1.807) is 29.2 Å². The van der Waals surface area contributed by atoms with E-state index in [1.807, 2.05) is 12.1 Å². The van der Waals surface area contributed by atoms with Crippen molar-refractivity contribution < 1.29 is 13.4 Å². The molecule has 5 heteroatoms. The van der Waals surface area contributed by atoms with Gasteiger partial charge < -0.3 is 4.90 Å². The molecule has 0 radical (unpaired) electrons. The van der Waals surface area contributed by atoms with Crippen molar-refractivity contribution >= 4 is 22.4 Å². The summed E-state index contributed by atoms with van der Waals surface area (Å²) < 4.78 is 25.2. The summed E-state index contributed by atoms with van der Waals surface area (Å²) in [5.41, 5.74) is 1.34. The number of halogens is 1. The number of rotatable bonds is 2. The van der Waals surface area contributed by atoms with E-state index in [9.17, 15) is 13.4 Å². The number of carbonyl (C=O) groups is 1. The zero-order valence-electron chi connectivity index (χ0n) is 11.3. The van der Waals surface area contributed by atoms with Gasteiger partial charge in [-0.2, -0.15) is 0 Å². The Balaban J connectivity index is 1.86. The van der Waals surface area contributed by atoms with Crippen molar-refractivity contribution in [2.24, 2.45) is 0 Å². The first kappa shape index (κ1) is 13.9. The number of para-hydroxylation sites is 1. The van der Waals surface area contributed by atoms with Gasteiger partial charge >= 0.3 is 0 Å². The molecule has 1 unspecified atom stereocenters. The molecule has 1 atom stereocenters. The molecule has 0 spiro atoms. The molecule has 1 heterocycles. The standard InChI is InChI=1S/C16H14FNO2S/c17-13-5-3-4-12(10-13)11-16(19)18-8-9-21(20)15-7-2-1-6-14(15)18/h1-7,10H,8-9,11H2. The molecule has 0 saturated carbocycles. The molecule has 0 aromatic heterocycles. The number of hydrogen-bond donors (Lipinski definition) is 0. The lowest BCUT2D eigenvalue weighted by molar-refractivity contribution is -0.118. The fraction of sp³-hybridized carbons (Fsp3) is 0.188. The highest BCUT2D eigenvalue weighted by atomic mass is 32.2. The number of nitrogens with zero attached hydrogens (tertiary/aromatic N) is 1. The van der Waals surface area contributed by atoms with Gasteiger partial charge in [-0.05, 0) is 29.8 Å². The van der Waals surface area contributed by atoms with Gasteiger partial charge in [-0.1, -0.05) is 24.3 Å². The third-order valence-corrected chi connectivity index (χ3v) is 4.84. The van der Waals surface area contributed by atoms with Gasteiger partial charge in [-0.25, -0.2) is 4.39 Å². The average Bonchev–Trinajstić information content (AvgIpc) is 2.48. The van der Waals surface area contributed by atoms with Crippen LogP contribution in [-0.4, -0.2) is 22.4 Å². The first-order valence-corrected chi connectivity index (χ1v) is 7.99. The Hall–Kier alpha value is -2.01. The molecule has 0 N–H and O–H groups in total. The van der Waals surface area contributed by atoms with Gasteiger partial charge in [0, 0.05) is 12.3 Å². The number of benzene rings is 2. The van der Waals surface area contributed by atoms with Gasteiger partial charge in [0.15, 0.2) is 0 Å². The topological polar surface area (TPSA) is 37.4 Å². The molecular weight excluding hydrogens is 289 g/mol. The van der Waals surface area contributed by atoms with Crippen LogP contribution in [0.5, 0.6) is 0 Å². The quantitative estimate of drug-likeness (QED) is 0.855. The Bertz CT molecular complexity index is 717. The van der Waals surface area contributed by atoms with Crippen molar-refractivity contribution in [2.45, 2.75) is 11.3 Å². The van der Waals surface area contributed by atoms with Crippen LogP contribution in [0.2, 0.25) is 0 Å². The summed E-state index contributed by atoms with van der Waals surface area (Å²) >= 11 is 0. The maximum Gasteiger partial charge on any atom is 0.231 e. The molecule has 1 amide bonds. The molecule has 2 aromatic rings. The minimum absolute atomic E-state index is 0.107. The lowest BCUT2D eigenvalue weighted by atomic mass is 10.1. The van der Waals surface area contributed by atoms with E-state index < -0.39 is 10.8 Å². The number of amides is 1. The molecule has 1 aliphatic heterocycles. The Morgan fingerprint density at radius 3 is 2.81 bits per heavy atom. The van der Waals surface area contributed by atoms with Crippen molar-refractivity contribution in [3.8, 4) is 0 Å². The summed E-state index contributed by atoms with van der Waals surface area (Å²) in [6, 6.07) is 13.3. The molecular formula is C16H14FNO2S. The van der Waals surface area contributed by atoms with E-state index in [-0.39, 0.29) is 18.1 Å². The van der Waals surface area contributed by atoms with E-state index in [2.05, 4.69) is 0 Å². The summed E-state index contributed by atoms with van der Waals surface area (Å²) in [6.45, 7) is 0.428. The summed E-state index contributed by atoms with van der Waals surface area (Å²) in [6.07, 6.45) is 0.138. The van der Waals surface area contributed by atoms with Crippen LogP contribution in [0.4, 0.5) is 10.1 Å². The van der Waals surface area contributed by atoms with Crippen LogP contribution in [0.25, 0.3) is 0 Å². The highest BCUT2D eigenvalue weighted by Gasteiger charge is 2.26. The monoisotopic (exact) mass is 303 g/mol. The lowest BCUT2D eigenvalue weighted by Crippen LogP contribution is -2.39. The van der Waals surface area contributed by atoms with Crippen molar-refractivity contribution in [2.75, 3.05) is 17.2 Å². The van der Waals surface area contributed by atoms with Crippen LogP contribution in [-0.2, 0) is 22.0 Å².